The third-order valence-corrected chi connectivity index (χ3v) is 4.14. The van der Waals surface area contributed by atoms with Gasteiger partial charge in [0.25, 0.3) is 0 Å². The molecule has 3 heteroatoms. The fourth-order valence-corrected chi connectivity index (χ4v) is 3.01. The van der Waals surface area contributed by atoms with E-state index in [2.05, 4.69) is 36.4 Å². The Hall–Kier alpha value is -0.890. The number of anilines is 2. The van der Waals surface area contributed by atoms with E-state index in [1.807, 2.05) is 6.07 Å². The second-order valence-corrected chi connectivity index (χ2v) is 6.18. The molecular formula is C16H25ClN2. The standard InChI is InChI=1S/C16H25ClN2/c1-19(2)16-11-10-13(17)12-15(16)18-14-8-6-4-3-5-7-9-14/h10-12,14,18H,3-9H2,1-2H3. The summed E-state index contributed by atoms with van der Waals surface area (Å²) in [6.07, 6.45) is 9.42. The van der Waals surface area contributed by atoms with E-state index in [4.69, 9.17) is 11.6 Å². The molecule has 0 aliphatic heterocycles. The van der Waals surface area contributed by atoms with Gasteiger partial charge in [0, 0.05) is 25.2 Å². The highest BCUT2D eigenvalue weighted by Crippen LogP contribution is 2.30. The second kappa shape index (κ2) is 7.04. The summed E-state index contributed by atoms with van der Waals surface area (Å²) in [5.41, 5.74) is 2.38. The van der Waals surface area contributed by atoms with E-state index in [1.165, 1.54) is 56.3 Å². The first kappa shape index (κ1) is 14.5. The predicted molar refractivity (Wildman–Crippen MR) is 85.5 cm³/mol. The van der Waals surface area contributed by atoms with Crippen LogP contribution in [-0.2, 0) is 0 Å². The average Bonchev–Trinajstić information content (AvgIpc) is 2.32. The van der Waals surface area contributed by atoms with Gasteiger partial charge in [-0.1, -0.05) is 43.7 Å². The molecule has 106 valence electrons. The molecule has 0 amide bonds. The van der Waals surface area contributed by atoms with Crippen molar-refractivity contribution in [2.75, 3.05) is 24.3 Å². The molecule has 0 aromatic heterocycles. The van der Waals surface area contributed by atoms with Gasteiger partial charge in [-0.05, 0) is 31.0 Å². The second-order valence-electron chi connectivity index (χ2n) is 5.74. The normalized spacial score (nSPS) is 17.6. The molecule has 1 aliphatic carbocycles. The van der Waals surface area contributed by atoms with E-state index in [-0.39, 0.29) is 0 Å². The molecule has 0 unspecified atom stereocenters. The lowest BCUT2D eigenvalue weighted by Gasteiger charge is -2.25. The molecule has 1 N–H and O–H groups in total. The lowest BCUT2D eigenvalue weighted by Crippen LogP contribution is -2.22. The van der Waals surface area contributed by atoms with Crippen molar-refractivity contribution >= 4 is 23.0 Å². The SMILES string of the molecule is CN(C)c1ccc(Cl)cc1NC1CCCCCCC1. The fourth-order valence-electron chi connectivity index (χ4n) is 2.83. The van der Waals surface area contributed by atoms with Crippen LogP contribution < -0.4 is 10.2 Å². The van der Waals surface area contributed by atoms with Crippen LogP contribution in [0.25, 0.3) is 0 Å². The maximum atomic E-state index is 6.14. The van der Waals surface area contributed by atoms with Crippen LogP contribution in [0.15, 0.2) is 18.2 Å². The van der Waals surface area contributed by atoms with Crippen molar-refractivity contribution in [2.24, 2.45) is 0 Å². The largest absolute Gasteiger partial charge is 0.381 e. The highest BCUT2D eigenvalue weighted by molar-refractivity contribution is 6.31. The maximum Gasteiger partial charge on any atom is 0.0597 e. The third kappa shape index (κ3) is 4.31. The molecule has 1 aromatic carbocycles. The molecule has 2 rings (SSSR count). The van der Waals surface area contributed by atoms with E-state index >= 15 is 0 Å². The number of halogens is 1. The molecule has 0 heterocycles. The van der Waals surface area contributed by atoms with Crippen LogP contribution in [-0.4, -0.2) is 20.1 Å². The zero-order valence-electron chi connectivity index (χ0n) is 12.1. The number of rotatable bonds is 3. The van der Waals surface area contributed by atoms with Crippen molar-refractivity contribution in [3.63, 3.8) is 0 Å². The van der Waals surface area contributed by atoms with E-state index in [0.717, 1.165) is 5.02 Å². The molecule has 0 saturated heterocycles. The summed E-state index contributed by atoms with van der Waals surface area (Å²) in [4.78, 5) is 2.14. The third-order valence-electron chi connectivity index (χ3n) is 3.91. The number of nitrogens with one attached hydrogen (secondary N) is 1. The number of hydrogen-bond donors (Lipinski definition) is 1. The molecule has 0 bridgehead atoms. The summed E-state index contributed by atoms with van der Waals surface area (Å²) in [5, 5.41) is 4.52. The van der Waals surface area contributed by atoms with Crippen LogP contribution in [0.4, 0.5) is 11.4 Å². The first-order chi connectivity index (χ1) is 9.16. The van der Waals surface area contributed by atoms with Gasteiger partial charge in [-0.2, -0.15) is 0 Å². The summed E-state index contributed by atoms with van der Waals surface area (Å²) in [6, 6.07) is 6.70. The topological polar surface area (TPSA) is 15.3 Å². The Morgan fingerprint density at radius 3 is 2.32 bits per heavy atom. The van der Waals surface area contributed by atoms with Crippen LogP contribution in [0.1, 0.15) is 44.9 Å². The zero-order valence-corrected chi connectivity index (χ0v) is 12.8. The molecule has 0 radical (unpaired) electrons. The minimum Gasteiger partial charge on any atom is -0.381 e. The van der Waals surface area contributed by atoms with Crippen LogP contribution in [0.2, 0.25) is 5.02 Å². The van der Waals surface area contributed by atoms with Gasteiger partial charge >= 0.3 is 0 Å². The molecule has 1 aromatic rings. The van der Waals surface area contributed by atoms with Crippen molar-refractivity contribution in [3.05, 3.63) is 23.2 Å². The van der Waals surface area contributed by atoms with Crippen molar-refractivity contribution in [2.45, 2.75) is 51.0 Å². The molecule has 1 saturated carbocycles. The van der Waals surface area contributed by atoms with Gasteiger partial charge in [-0.3, -0.25) is 0 Å². The highest BCUT2D eigenvalue weighted by atomic mass is 35.5. The van der Waals surface area contributed by atoms with Gasteiger partial charge in [0.05, 0.1) is 11.4 Å². The number of nitrogens with zero attached hydrogens (tertiary/aromatic N) is 1. The number of benzene rings is 1. The lowest BCUT2D eigenvalue weighted by molar-refractivity contribution is 0.471. The summed E-state index contributed by atoms with van der Waals surface area (Å²) in [6.45, 7) is 0. The van der Waals surface area contributed by atoms with E-state index in [0.29, 0.717) is 6.04 Å². The van der Waals surface area contributed by atoms with E-state index < -0.39 is 0 Å². The monoisotopic (exact) mass is 280 g/mol. The van der Waals surface area contributed by atoms with Crippen molar-refractivity contribution in [1.29, 1.82) is 0 Å². The van der Waals surface area contributed by atoms with Gasteiger partial charge in [0.2, 0.25) is 0 Å². The molecule has 1 aliphatic rings. The summed E-state index contributed by atoms with van der Waals surface area (Å²) >= 11 is 6.14. The first-order valence-corrected chi connectivity index (χ1v) is 7.78. The van der Waals surface area contributed by atoms with Crippen LogP contribution in [0, 0.1) is 0 Å². The van der Waals surface area contributed by atoms with E-state index in [9.17, 15) is 0 Å². The van der Waals surface area contributed by atoms with Gasteiger partial charge < -0.3 is 10.2 Å². The molecule has 19 heavy (non-hydrogen) atoms. The highest BCUT2D eigenvalue weighted by Gasteiger charge is 2.13. The molecule has 2 nitrogen and oxygen atoms in total. The Morgan fingerprint density at radius 1 is 1.05 bits per heavy atom. The lowest BCUT2D eigenvalue weighted by atomic mass is 9.96. The predicted octanol–water partition coefficient (Wildman–Crippen LogP) is 4.93. The Bertz CT molecular complexity index is 396. The Balaban J connectivity index is 2.09. The summed E-state index contributed by atoms with van der Waals surface area (Å²) in [7, 11) is 4.15. The molecule has 1 fully saturated rings. The zero-order chi connectivity index (χ0) is 13.7. The summed E-state index contributed by atoms with van der Waals surface area (Å²) < 4.78 is 0. The van der Waals surface area contributed by atoms with Crippen molar-refractivity contribution < 1.29 is 0 Å². The summed E-state index contributed by atoms with van der Waals surface area (Å²) in [5.74, 6) is 0. The molecule has 0 atom stereocenters. The minimum absolute atomic E-state index is 0.595. The minimum atomic E-state index is 0.595. The van der Waals surface area contributed by atoms with Gasteiger partial charge in [0.15, 0.2) is 0 Å². The van der Waals surface area contributed by atoms with Crippen LogP contribution in [0.3, 0.4) is 0 Å². The maximum absolute atomic E-state index is 6.14. The Labute approximate surface area is 122 Å². The van der Waals surface area contributed by atoms with Crippen LogP contribution in [0.5, 0.6) is 0 Å². The van der Waals surface area contributed by atoms with Gasteiger partial charge in [-0.15, -0.1) is 0 Å². The molecular weight excluding hydrogens is 256 g/mol. The first-order valence-electron chi connectivity index (χ1n) is 7.40. The van der Waals surface area contributed by atoms with Crippen molar-refractivity contribution in [3.8, 4) is 0 Å². The smallest absolute Gasteiger partial charge is 0.0597 e. The molecule has 0 spiro atoms. The van der Waals surface area contributed by atoms with Gasteiger partial charge in [0.1, 0.15) is 0 Å². The fraction of sp³-hybridized carbons (Fsp3) is 0.625. The van der Waals surface area contributed by atoms with Crippen molar-refractivity contribution in [1.82, 2.24) is 0 Å². The van der Waals surface area contributed by atoms with Crippen LogP contribution >= 0.6 is 11.6 Å². The van der Waals surface area contributed by atoms with Gasteiger partial charge in [-0.25, -0.2) is 0 Å². The Morgan fingerprint density at radius 2 is 1.68 bits per heavy atom. The van der Waals surface area contributed by atoms with E-state index in [1.54, 1.807) is 0 Å². The average molecular weight is 281 g/mol. The quantitative estimate of drug-likeness (QED) is 0.844. The number of hydrogen-bond acceptors (Lipinski definition) is 2. The Kier molecular flexibility index (Phi) is 5.38.